The average molecular weight is 295 g/mol. The van der Waals surface area contributed by atoms with Crippen LogP contribution < -0.4 is 11.1 Å². The SMILES string of the molecule is NC(=NO)C1(C(=O)NCc2cccc(F)c2)CCOCC1. The van der Waals surface area contributed by atoms with Crippen LogP contribution in [0.25, 0.3) is 0 Å². The maximum absolute atomic E-state index is 13.1. The van der Waals surface area contributed by atoms with Crippen molar-refractivity contribution in [2.45, 2.75) is 19.4 Å². The summed E-state index contributed by atoms with van der Waals surface area (Å²) in [7, 11) is 0. The van der Waals surface area contributed by atoms with Gasteiger partial charge in [0.25, 0.3) is 0 Å². The van der Waals surface area contributed by atoms with Crippen molar-refractivity contribution in [2.24, 2.45) is 16.3 Å². The molecule has 0 radical (unpaired) electrons. The fraction of sp³-hybridized carbons (Fsp3) is 0.429. The van der Waals surface area contributed by atoms with Gasteiger partial charge < -0.3 is 21.0 Å². The molecule has 2 rings (SSSR count). The Morgan fingerprint density at radius 3 is 2.81 bits per heavy atom. The molecule has 1 aliphatic heterocycles. The fourth-order valence-corrected chi connectivity index (χ4v) is 2.41. The van der Waals surface area contributed by atoms with Crippen LogP contribution in [-0.4, -0.2) is 30.2 Å². The molecular formula is C14H18FN3O3. The quantitative estimate of drug-likeness (QED) is 0.334. The minimum atomic E-state index is -1.07. The van der Waals surface area contributed by atoms with Crippen molar-refractivity contribution in [1.82, 2.24) is 5.32 Å². The molecular weight excluding hydrogens is 277 g/mol. The summed E-state index contributed by atoms with van der Waals surface area (Å²) in [5.41, 5.74) is 5.27. The zero-order chi connectivity index (χ0) is 15.3. The summed E-state index contributed by atoms with van der Waals surface area (Å²) in [6, 6.07) is 5.97. The molecule has 4 N–H and O–H groups in total. The van der Waals surface area contributed by atoms with E-state index in [-0.39, 0.29) is 24.1 Å². The lowest BCUT2D eigenvalue weighted by Crippen LogP contribution is -2.52. The second kappa shape index (κ2) is 6.53. The van der Waals surface area contributed by atoms with Crippen molar-refractivity contribution < 1.29 is 19.1 Å². The van der Waals surface area contributed by atoms with Gasteiger partial charge in [-0.15, -0.1) is 0 Å². The molecule has 0 atom stereocenters. The number of hydrogen-bond donors (Lipinski definition) is 3. The number of nitrogens with zero attached hydrogens (tertiary/aromatic N) is 1. The van der Waals surface area contributed by atoms with Crippen molar-refractivity contribution in [3.8, 4) is 0 Å². The molecule has 7 heteroatoms. The lowest BCUT2D eigenvalue weighted by Gasteiger charge is -2.34. The van der Waals surface area contributed by atoms with E-state index in [2.05, 4.69) is 10.5 Å². The summed E-state index contributed by atoms with van der Waals surface area (Å²) in [5, 5.41) is 14.6. The number of benzene rings is 1. The van der Waals surface area contributed by atoms with E-state index in [1.165, 1.54) is 12.1 Å². The average Bonchev–Trinajstić information content (AvgIpc) is 2.52. The zero-order valence-corrected chi connectivity index (χ0v) is 11.5. The molecule has 1 fully saturated rings. The lowest BCUT2D eigenvalue weighted by molar-refractivity contribution is -0.131. The van der Waals surface area contributed by atoms with Gasteiger partial charge in [0.05, 0.1) is 0 Å². The molecule has 1 aliphatic rings. The van der Waals surface area contributed by atoms with Crippen LogP contribution in [-0.2, 0) is 16.1 Å². The van der Waals surface area contributed by atoms with Crippen molar-refractivity contribution in [3.63, 3.8) is 0 Å². The number of amidine groups is 1. The number of carbonyl (C=O) groups is 1. The van der Waals surface area contributed by atoms with Crippen LogP contribution in [0.3, 0.4) is 0 Å². The smallest absolute Gasteiger partial charge is 0.234 e. The predicted octanol–water partition coefficient (Wildman–Crippen LogP) is 0.985. The molecule has 1 saturated heterocycles. The molecule has 0 aromatic heterocycles. The number of ether oxygens (including phenoxy) is 1. The first-order chi connectivity index (χ1) is 10.1. The van der Waals surface area contributed by atoms with Crippen molar-refractivity contribution in [2.75, 3.05) is 13.2 Å². The molecule has 1 aromatic carbocycles. The van der Waals surface area contributed by atoms with Crippen LogP contribution in [0, 0.1) is 11.2 Å². The third kappa shape index (κ3) is 3.30. The third-order valence-electron chi connectivity index (χ3n) is 3.72. The standard InChI is InChI=1S/C14H18FN3O3/c15-11-3-1-2-10(8-11)9-17-13(19)14(12(16)18-20)4-6-21-7-5-14/h1-3,8,20H,4-7,9H2,(H2,16,18)(H,17,19). The highest BCUT2D eigenvalue weighted by Gasteiger charge is 2.44. The molecule has 114 valence electrons. The minimum Gasteiger partial charge on any atom is -0.409 e. The van der Waals surface area contributed by atoms with E-state index >= 15 is 0 Å². The highest BCUT2D eigenvalue weighted by atomic mass is 19.1. The van der Waals surface area contributed by atoms with Gasteiger partial charge in [-0.1, -0.05) is 17.3 Å². The Kier molecular flexibility index (Phi) is 4.74. The molecule has 1 amide bonds. The van der Waals surface area contributed by atoms with E-state index in [1.807, 2.05) is 0 Å². The highest BCUT2D eigenvalue weighted by Crippen LogP contribution is 2.31. The van der Waals surface area contributed by atoms with Crippen LogP contribution in [0.4, 0.5) is 4.39 Å². The number of rotatable bonds is 4. The summed E-state index contributed by atoms with van der Waals surface area (Å²) < 4.78 is 18.3. The van der Waals surface area contributed by atoms with Gasteiger partial charge in [-0.2, -0.15) is 0 Å². The van der Waals surface area contributed by atoms with Gasteiger partial charge >= 0.3 is 0 Å². The van der Waals surface area contributed by atoms with E-state index in [4.69, 9.17) is 15.7 Å². The van der Waals surface area contributed by atoms with Gasteiger partial charge in [-0.05, 0) is 30.5 Å². The predicted molar refractivity (Wildman–Crippen MR) is 74.1 cm³/mol. The van der Waals surface area contributed by atoms with Gasteiger partial charge in [0.1, 0.15) is 11.2 Å². The number of oxime groups is 1. The maximum atomic E-state index is 13.1. The maximum Gasteiger partial charge on any atom is 0.234 e. The van der Waals surface area contributed by atoms with E-state index in [9.17, 15) is 9.18 Å². The number of nitrogens with one attached hydrogen (secondary N) is 1. The number of amides is 1. The Morgan fingerprint density at radius 1 is 1.48 bits per heavy atom. The van der Waals surface area contributed by atoms with Crippen LogP contribution in [0.15, 0.2) is 29.4 Å². The summed E-state index contributed by atoms with van der Waals surface area (Å²) >= 11 is 0. The third-order valence-corrected chi connectivity index (χ3v) is 3.72. The summed E-state index contributed by atoms with van der Waals surface area (Å²) in [4.78, 5) is 12.4. The Bertz CT molecular complexity index is 542. The largest absolute Gasteiger partial charge is 0.409 e. The number of carbonyl (C=O) groups excluding carboxylic acids is 1. The molecule has 0 aliphatic carbocycles. The number of hydrogen-bond acceptors (Lipinski definition) is 4. The van der Waals surface area contributed by atoms with Crippen LogP contribution in [0.1, 0.15) is 18.4 Å². The molecule has 0 saturated carbocycles. The zero-order valence-electron chi connectivity index (χ0n) is 11.5. The van der Waals surface area contributed by atoms with E-state index < -0.39 is 5.41 Å². The Hall–Kier alpha value is -2.15. The first-order valence-corrected chi connectivity index (χ1v) is 6.67. The van der Waals surface area contributed by atoms with Crippen LogP contribution >= 0.6 is 0 Å². The molecule has 21 heavy (non-hydrogen) atoms. The first-order valence-electron chi connectivity index (χ1n) is 6.67. The van der Waals surface area contributed by atoms with Crippen LogP contribution in [0.2, 0.25) is 0 Å². The first kappa shape index (κ1) is 15.2. The minimum absolute atomic E-state index is 0.123. The molecule has 1 aromatic rings. The number of halogens is 1. The molecule has 0 bridgehead atoms. The Labute approximate surface area is 121 Å². The van der Waals surface area contributed by atoms with Gasteiger partial charge in [-0.3, -0.25) is 4.79 Å². The van der Waals surface area contributed by atoms with E-state index in [0.717, 1.165) is 0 Å². The monoisotopic (exact) mass is 295 g/mol. The van der Waals surface area contributed by atoms with Crippen LogP contribution in [0.5, 0.6) is 0 Å². The molecule has 6 nitrogen and oxygen atoms in total. The lowest BCUT2D eigenvalue weighted by atomic mass is 9.78. The molecule has 1 heterocycles. The second-order valence-corrected chi connectivity index (χ2v) is 4.99. The van der Waals surface area contributed by atoms with Gasteiger partial charge in [0.15, 0.2) is 5.84 Å². The summed E-state index contributed by atoms with van der Waals surface area (Å²) in [6.45, 7) is 0.908. The van der Waals surface area contributed by atoms with E-state index in [0.29, 0.717) is 31.6 Å². The number of nitrogens with two attached hydrogens (primary N) is 1. The van der Waals surface area contributed by atoms with Crippen molar-refractivity contribution >= 4 is 11.7 Å². The Balaban J connectivity index is 2.09. The normalized spacial score (nSPS) is 18.2. The highest BCUT2D eigenvalue weighted by molar-refractivity contribution is 6.06. The van der Waals surface area contributed by atoms with Crippen molar-refractivity contribution in [3.05, 3.63) is 35.6 Å². The van der Waals surface area contributed by atoms with Gasteiger partial charge in [0, 0.05) is 19.8 Å². The van der Waals surface area contributed by atoms with Gasteiger partial charge in [0.2, 0.25) is 5.91 Å². The fourth-order valence-electron chi connectivity index (χ4n) is 2.41. The second-order valence-electron chi connectivity index (χ2n) is 4.99. The molecule has 0 unspecified atom stereocenters. The van der Waals surface area contributed by atoms with Gasteiger partial charge in [-0.25, -0.2) is 4.39 Å². The summed E-state index contributed by atoms with van der Waals surface area (Å²) in [5.74, 6) is -0.827. The van der Waals surface area contributed by atoms with E-state index in [1.54, 1.807) is 12.1 Å². The Morgan fingerprint density at radius 2 is 2.19 bits per heavy atom. The molecule has 0 spiro atoms. The topological polar surface area (TPSA) is 96.9 Å². The summed E-state index contributed by atoms with van der Waals surface area (Å²) in [6.07, 6.45) is 0.690. The van der Waals surface area contributed by atoms with Crippen molar-refractivity contribution in [1.29, 1.82) is 0 Å².